The third kappa shape index (κ3) is 7.74. The smallest absolute Gasteiger partial charge is 0.311 e. The van der Waals surface area contributed by atoms with E-state index in [-0.39, 0.29) is 18.2 Å². The Bertz CT molecular complexity index is 764. The molecule has 0 radical (unpaired) electrons. The monoisotopic (exact) mass is 393 g/mol. The molecule has 146 valence electrons. The van der Waals surface area contributed by atoms with E-state index in [1.807, 2.05) is 0 Å². The van der Waals surface area contributed by atoms with Crippen molar-refractivity contribution in [3.63, 3.8) is 0 Å². The summed E-state index contributed by atoms with van der Waals surface area (Å²) >= 11 is 1.32. The number of aromatic nitrogens is 1. The number of unbranched alkanes of at least 4 members (excludes halogenated alkanes) is 2. The minimum Gasteiger partial charge on any atom is -0.493 e. The van der Waals surface area contributed by atoms with Gasteiger partial charge in [0.05, 0.1) is 31.5 Å². The summed E-state index contributed by atoms with van der Waals surface area (Å²) in [4.78, 5) is 15.7. The van der Waals surface area contributed by atoms with E-state index in [0.717, 1.165) is 19.3 Å². The first-order chi connectivity index (χ1) is 13.1. The number of ether oxygens (including phenoxy) is 2. The fraction of sp³-hybridized carbons (Fsp3) is 0.421. The number of hydrogen-bond acceptors (Lipinski definition) is 7. The van der Waals surface area contributed by atoms with Gasteiger partial charge in [-0.05, 0) is 25.5 Å². The Balaban J connectivity index is 1.89. The molecular weight excluding hydrogens is 369 g/mol. The zero-order valence-corrected chi connectivity index (χ0v) is 16.4. The van der Waals surface area contributed by atoms with E-state index < -0.39 is 0 Å². The van der Waals surface area contributed by atoms with Gasteiger partial charge in [-0.15, -0.1) is 11.3 Å². The highest BCUT2D eigenvalue weighted by atomic mass is 32.1. The predicted octanol–water partition coefficient (Wildman–Crippen LogP) is 4.40. The fourth-order valence-electron chi connectivity index (χ4n) is 2.25. The number of esters is 1. The average molecular weight is 393 g/mol. The molecule has 0 unspecified atom stereocenters. The van der Waals surface area contributed by atoms with Crippen LogP contribution in [0.4, 0.5) is 9.52 Å². The molecule has 0 saturated heterocycles. The number of hydrazone groups is 1. The predicted molar refractivity (Wildman–Crippen MR) is 105 cm³/mol. The average Bonchev–Trinajstić information content (AvgIpc) is 3.06. The van der Waals surface area contributed by atoms with Gasteiger partial charge in [0, 0.05) is 17.0 Å². The van der Waals surface area contributed by atoms with Crippen molar-refractivity contribution in [2.45, 2.75) is 39.5 Å². The van der Waals surface area contributed by atoms with Gasteiger partial charge in [0.1, 0.15) is 11.6 Å². The van der Waals surface area contributed by atoms with E-state index in [0.29, 0.717) is 35.4 Å². The van der Waals surface area contributed by atoms with Crippen molar-refractivity contribution in [3.05, 3.63) is 40.7 Å². The van der Waals surface area contributed by atoms with E-state index in [1.54, 1.807) is 18.4 Å². The van der Waals surface area contributed by atoms with Gasteiger partial charge in [0.2, 0.25) is 5.13 Å². The lowest BCUT2D eigenvalue weighted by Gasteiger charge is -2.06. The zero-order valence-electron chi connectivity index (χ0n) is 15.5. The maximum atomic E-state index is 13.7. The second-order valence-corrected chi connectivity index (χ2v) is 6.63. The number of nitrogens with zero attached hydrogens (tertiary/aromatic N) is 2. The second kappa shape index (κ2) is 11.3. The molecule has 2 rings (SSSR count). The summed E-state index contributed by atoms with van der Waals surface area (Å²) < 4.78 is 24.2. The zero-order chi connectivity index (χ0) is 19.5. The molecule has 1 heterocycles. The van der Waals surface area contributed by atoms with Crippen molar-refractivity contribution in [1.82, 2.24) is 4.98 Å². The SMILES string of the molecule is CCCCCOc1cc(F)cc(C=NNc2nc(CC(=O)OCC)cs2)c1. The van der Waals surface area contributed by atoms with Gasteiger partial charge in [-0.25, -0.2) is 9.37 Å². The van der Waals surface area contributed by atoms with Crippen LogP contribution in [0.25, 0.3) is 0 Å². The fourth-order valence-corrected chi connectivity index (χ4v) is 2.90. The van der Waals surface area contributed by atoms with Crippen molar-refractivity contribution in [2.24, 2.45) is 5.10 Å². The van der Waals surface area contributed by atoms with Crippen LogP contribution in [0.5, 0.6) is 5.75 Å². The summed E-state index contributed by atoms with van der Waals surface area (Å²) in [6.07, 6.45) is 4.75. The lowest BCUT2D eigenvalue weighted by atomic mass is 10.2. The Hall–Kier alpha value is -2.48. The largest absolute Gasteiger partial charge is 0.493 e. The normalized spacial score (nSPS) is 10.9. The lowest BCUT2D eigenvalue weighted by molar-refractivity contribution is -0.142. The van der Waals surface area contributed by atoms with E-state index >= 15 is 0 Å². The summed E-state index contributed by atoms with van der Waals surface area (Å²) in [5.41, 5.74) is 3.97. The molecule has 0 atom stereocenters. The van der Waals surface area contributed by atoms with E-state index in [9.17, 15) is 9.18 Å². The van der Waals surface area contributed by atoms with Crippen LogP contribution in [-0.4, -0.2) is 30.4 Å². The van der Waals surface area contributed by atoms with E-state index in [2.05, 4.69) is 22.4 Å². The van der Waals surface area contributed by atoms with Crippen LogP contribution in [0, 0.1) is 5.82 Å². The molecule has 8 heteroatoms. The molecule has 0 aliphatic heterocycles. The number of carbonyl (C=O) groups excluding carboxylic acids is 1. The third-order valence-electron chi connectivity index (χ3n) is 3.47. The number of halogens is 1. The molecule has 0 aliphatic carbocycles. The second-order valence-electron chi connectivity index (χ2n) is 5.77. The number of hydrogen-bond donors (Lipinski definition) is 1. The summed E-state index contributed by atoms with van der Waals surface area (Å²) in [7, 11) is 0. The highest BCUT2D eigenvalue weighted by Crippen LogP contribution is 2.18. The standard InChI is InChI=1S/C19H24FN3O3S/c1-3-5-6-7-26-17-9-14(8-15(20)10-17)12-21-23-19-22-16(13-27-19)11-18(24)25-4-2/h8-10,12-13H,3-7,11H2,1-2H3,(H,22,23). The minimum atomic E-state index is -0.379. The van der Waals surface area contributed by atoms with Gasteiger partial charge in [-0.1, -0.05) is 19.8 Å². The Morgan fingerprint density at radius 3 is 2.96 bits per heavy atom. The summed E-state index contributed by atoms with van der Waals surface area (Å²) in [5.74, 6) is -0.210. The lowest BCUT2D eigenvalue weighted by Crippen LogP contribution is -2.07. The molecule has 1 aromatic heterocycles. The molecule has 0 bridgehead atoms. The number of carbonyl (C=O) groups is 1. The Morgan fingerprint density at radius 2 is 2.19 bits per heavy atom. The van der Waals surface area contributed by atoms with Crippen LogP contribution in [0.15, 0.2) is 28.7 Å². The first kappa shape index (κ1) is 20.8. The topological polar surface area (TPSA) is 72.8 Å². The van der Waals surface area contributed by atoms with E-state index in [1.165, 1.54) is 29.7 Å². The number of benzene rings is 1. The maximum Gasteiger partial charge on any atom is 0.311 e. The molecule has 1 aromatic carbocycles. The Kier molecular flexibility index (Phi) is 8.70. The summed E-state index contributed by atoms with van der Waals surface area (Å²) in [5, 5.41) is 6.37. The number of anilines is 1. The van der Waals surface area contributed by atoms with Crippen molar-refractivity contribution in [1.29, 1.82) is 0 Å². The van der Waals surface area contributed by atoms with Gasteiger partial charge < -0.3 is 9.47 Å². The van der Waals surface area contributed by atoms with Crippen LogP contribution >= 0.6 is 11.3 Å². The first-order valence-corrected chi connectivity index (χ1v) is 9.81. The molecular formula is C19H24FN3O3S. The molecule has 0 aliphatic rings. The van der Waals surface area contributed by atoms with Gasteiger partial charge in [0.15, 0.2) is 0 Å². The maximum absolute atomic E-state index is 13.7. The molecule has 2 aromatic rings. The Labute approximate surface area is 162 Å². The van der Waals surface area contributed by atoms with Crippen LogP contribution in [0.1, 0.15) is 44.4 Å². The quantitative estimate of drug-likeness (QED) is 0.265. The molecule has 0 amide bonds. The number of thiazole rings is 1. The number of nitrogens with one attached hydrogen (secondary N) is 1. The molecule has 1 N–H and O–H groups in total. The summed E-state index contributed by atoms with van der Waals surface area (Å²) in [6.45, 7) is 4.78. The minimum absolute atomic E-state index is 0.123. The molecule has 0 fully saturated rings. The molecule has 6 nitrogen and oxygen atoms in total. The molecule has 27 heavy (non-hydrogen) atoms. The van der Waals surface area contributed by atoms with Crippen LogP contribution < -0.4 is 10.2 Å². The van der Waals surface area contributed by atoms with Gasteiger partial charge in [0.25, 0.3) is 0 Å². The van der Waals surface area contributed by atoms with Crippen LogP contribution in [0.3, 0.4) is 0 Å². The van der Waals surface area contributed by atoms with Crippen LogP contribution in [0.2, 0.25) is 0 Å². The highest BCUT2D eigenvalue weighted by Gasteiger charge is 2.08. The van der Waals surface area contributed by atoms with Gasteiger partial charge >= 0.3 is 5.97 Å². The van der Waals surface area contributed by atoms with Crippen molar-refractivity contribution in [2.75, 3.05) is 18.6 Å². The van der Waals surface area contributed by atoms with Crippen molar-refractivity contribution < 1.29 is 18.7 Å². The van der Waals surface area contributed by atoms with E-state index in [4.69, 9.17) is 9.47 Å². The van der Waals surface area contributed by atoms with Crippen molar-refractivity contribution in [3.8, 4) is 5.75 Å². The molecule has 0 saturated carbocycles. The number of rotatable bonds is 11. The third-order valence-corrected chi connectivity index (χ3v) is 4.26. The first-order valence-electron chi connectivity index (χ1n) is 8.93. The van der Waals surface area contributed by atoms with Gasteiger partial charge in [-0.2, -0.15) is 5.10 Å². The van der Waals surface area contributed by atoms with Gasteiger partial charge in [-0.3, -0.25) is 10.2 Å². The highest BCUT2D eigenvalue weighted by molar-refractivity contribution is 7.13. The summed E-state index contributed by atoms with van der Waals surface area (Å²) in [6, 6.07) is 4.46. The molecule has 0 spiro atoms. The van der Waals surface area contributed by atoms with Crippen molar-refractivity contribution >= 4 is 28.7 Å². The van der Waals surface area contributed by atoms with Crippen LogP contribution in [-0.2, 0) is 16.0 Å². The Morgan fingerprint density at radius 1 is 1.33 bits per heavy atom.